The molecule has 2 amide bonds. The molecule has 7 heteroatoms. The third-order valence-corrected chi connectivity index (χ3v) is 4.78. The van der Waals surface area contributed by atoms with Crippen LogP contribution in [0.15, 0.2) is 10.8 Å². The van der Waals surface area contributed by atoms with Gasteiger partial charge < -0.3 is 14.6 Å². The number of urea groups is 1. The van der Waals surface area contributed by atoms with Gasteiger partial charge in [0.15, 0.2) is 6.39 Å². The molecule has 0 radical (unpaired) electrons. The highest BCUT2D eigenvalue weighted by Crippen LogP contribution is 2.33. The van der Waals surface area contributed by atoms with E-state index >= 15 is 0 Å². The summed E-state index contributed by atoms with van der Waals surface area (Å²) in [4.78, 5) is 18.9. The zero-order chi connectivity index (χ0) is 17.1. The molecular formula is C17H25N5O2. The van der Waals surface area contributed by atoms with Crippen LogP contribution in [0.3, 0.4) is 0 Å². The molecule has 1 fully saturated rings. The molecule has 2 aromatic rings. The topological polar surface area (TPSA) is 87.0 Å². The Hall–Kier alpha value is -2.31. The number of aromatic amines is 1. The van der Waals surface area contributed by atoms with Crippen molar-refractivity contribution in [3.8, 4) is 0 Å². The molecule has 24 heavy (non-hydrogen) atoms. The number of hydrogen-bond donors (Lipinski definition) is 2. The lowest BCUT2D eigenvalue weighted by Crippen LogP contribution is -2.42. The van der Waals surface area contributed by atoms with Gasteiger partial charge in [0.1, 0.15) is 11.5 Å². The van der Waals surface area contributed by atoms with E-state index in [9.17, 15) is 4.79 Å². The molecule has 1 saturated heterocycles. The highest BCUT2D eigenvalue weighted by Gasteiger charge is 2.30. The lowest BCUT2D eigenvalue weighted by atomic mass is 9.99. The van der Waals surface area contributed by atoms with Gasteiger partial charge in [-0.05, 0) is 33.6 Å². The van der Waals surface area contributed by atoms with Crippen LogP contribution in [-0.2, 0) is 6.54 Å². The Labute approximate surface area is 141 Å². The largest absolute Gasteiger partial charge is 0.448 e. The van der Waals surface area contributed by atoms with Crippen LogP contribution < -0.4 is 5.32 Å². The van der Waals surface area contributed by atoms with E-state index in [0.717, 1.165) is 60.6 Å². The average Bonchev–Trinajstić information content (AvgIpc) is 3.02. The lowest BCUT2D eigenvalue weighted by molar-refractivity contribution is 0.175. The van der Waals surface area contributed by atoms with E-state index in [1.54, 1.807) is 0 Å². The van der Waals surface area contributed by atoms with Gasteiger partial charge in [-0.25, -0.2) is 9.78 Å². The molecule has 0 saturated carbocycles. The first-order chi connectivity index (χ1) is 11.6. The van der Waals surface area contributed by atoms with Gasteiger partial charge in [0.25, 0.3) is 0 Å². The van der Waals surface area contributed by atoms with Crippen LogP contribution in [0.1, 0.15) is 60.1 Å². The number of rotatable bonds is 3. The fraction of sp³-hybridized carbons (Fsp3) is 0.588. The van der Waals surface area contributed by atoms with Crippen molar-refractivity contribution in [3.63, 3.8) is 0 Å². The molecule has 130 valence electrons. The fourth-order valence-electron chi connectivity index (χ4n) is 3.46. The van der Waals surface area contributed by atoms with Gasteiger partial charge in [-0.3, -0.25) is 5.10 Å². The normalized spacial score (nSPS) is 18.5. The Balaban J connectivity index is 1.77. The molecule has 3 heterocycles. The molecule has 2 N–H and O–H groups in total. The molecular weight excluding hydrogens is 306 g/mol. The highest BCUT2D eigenvalue weighted by molar-refractivity contribution is 5.75. The average molecular weight is 331 g/mol. The number of aryl methyl sites for hydroxylation is 3. The first kappa shape index (κ1) is 16.5. The van der Waals surface area contributed by atoms with Crippen molar-refractivity contribution in [3.05, 3.63) is 34.8 Å². The molecule has 0 aliphatic carbocycles. The van der Waals surface area contributed by atoms with Crippen molar-refractivity contribution in [1.82, 2.24) is 25.4 Å². The maximum absolute atomic E-state index is 12.8. The van der Waals surface area contributed by atoms with Gasteiger partial charge in [0, 0.05) is 17.8 Å². The minimum Gasteiger partial charge on any atom is -0.448 e. The van der Waals surface area contributed by atoms with Gasteiger partial charge in [-0.2, -0.15) is 5.10 Å². The van der Waals surface area contributed by atoms with Crippen molar-refractivity contribution in [1.29, 1.82) is 0 Å². The number of carbonyl (C=O) groups excluding carboxylic acids is 1. The van der Waals surface area contributed by atoms with Crippen molar-refractivity contribution < 1.29 is 9.21 Å². The summed E-state index contributed by atoms with van der Waals surface area (Å²) in [5.41, 5.74) is 3.95. The minimum absolute atomic E-state index is 0.0516. The molecule has 7 nitrogen and oxygen atoms in total. The van der Waals surface area contributed by atoms with E-state index in [4.69, 9.17) is 4.42 Å². The lowest BCUT2D eigenvalue weighted by Gasteiger charge is -2.30. The molecule has 1 atom stereocenters. The molecule has 0 bridgehead atoms. The van der Waals surface area contributed by atoms with Crippen molar-refractivity contribution in [2.75, 3.05) is 6.54 Å². The SMILES string of the molecule is Cc1n[nH]c(C)c1C1CCCCCN1C(=O)NCc1ncoc1C. The quantitative estimate of drug-likeness (QED) is 0.904. The third kappa shape index (κ3) is 3.29. The van der Waals surface area contributed by atoms with E-state index in [1.807, 2.05) is 25.7 Å². The summed E-state index contributed by atoms with van der Waals surface area (Å²) in [6.07, 6.45) is 5.68. The molecule has 1 unspecified atom stereocenters. The second-order valence-electron chi connectivity index (χ2n) is 6.42. The summed E-state index contributed by atoms with van der Waals surface area (Å²) in [6, 6.07) is 0.0222. The van der Waals surface area contributed by atoms with E-state index in [1.165, 1.54) is 6.39 Å². The van der Waals surface area contributed by atoms with E-state index in [0.29, 0.717) is 6.54 Å². The first-order valence-corrected chi connectivity index (χ1v) is 8.53. The van der Waals surface area contributed by atoms with Crippen molar-refractivity contribution >= 4 is 6.03 Å². The zero-order valence-electron chi connectivity index (χ0n) is 14.6. The molecule has 1 aliphatic rings. The number of hydrogen-bond acceptors (Lipinski definition) is 4. The summed E-state index contributed by atoms with van der Waals surface area (Å²) in [7, 11) is 0. The fourth-order valence-corrected chi connectivity index (χ4v) is 3.46. The number of nitrogens with zero attached hydrogens (tertiary/aromatic N) is 3. The van der Waals surface area contributed by atoms with Gasteiger partial charge in [0.2, 0.25) is 0 Å². The minimum atomic E-state index is -0.0516. The van der Waals surface area contributed by atoms with Gasteiger partial charge in [-0.15, -0.1) is 0 Å². The van der Waals surface area contributed by atoms with Crippen LogP contribution in [0.25, 0.3) is 0 Å². The zero-order valence-corrected chi connectivity index (χ0v) is 14.6. The maximum atomic E-state index is 12.8. The third-order valence-electron chi connectivity index (χ3n) is 4.78. The number of likely N-dealkylation sites (tertiary alicyclic amines) is 1. The van der Waals surface area contributed by atoms with Crippen LogP contribution in [0.4, 0.5) is 4.79 Å². The molecule has 0 spiro atoms. The summed E-state index contributed by atoms with van der Waals surface area (Å²) in [6.45, 7) is 7.02. The van der Waals surface area contributed by atoms with E-state index in [2.05, 4.69) is 20.5 Å². The first-order valence-electron chi connectivity index (χ1n) is 8.53. The standard InChI is InChI=1S/C17H25N5O2/c1-11-16(12(2)21-20-11)15-7-5-4-6-8-22(15)17(23)18-9-14-13(3)24-10-19-14/h10,15H,4-9H2,1-3H3,(H,18,23)(H,20,21). The Morgan fingerprint density at radius 1 is 1.38 bits per heavy atom. The molecule has 1 aliphatic heterocycles. The Kier molecular flexibility index (Phi) is 4.87. The Bertz CT molecular complexity index is 686. The number of nitrogens with one attached hydrogen (secondary N) is 2. The number of carbonyl (C=O) groups is 1. The smallest absolute Gasteiger partial charge is 0.318 e. The van der Waals surface area contributed by atoms with Crippen LogP contribution in [0, 0.1) is 20.8 Å². The van der Waals surface area contributed by atoms with Gasteiger partial charge >= 0.3 is 6.03 Å². The Morgan fingerprint density at radius 2 is 2.21 bits per heavy atom. The predicted molar refractivity (Wildman–Crippen MR) is 89.5 cm³/mol. The number of oxazole rings is 1. The summed E-state index contributed by atoms with van der Waals surface area (Å²) in [5, 5.41) is 10.3. The molecule has 2 aromatic heterocycles. The predicted octanol–water partition coefficient (Wildman–Crippen LogP) is 3.15. The monoisotopic (exact) mass is 331 g/mol. The second-order valence-corrected chi connectivity index (χ2v) is 6.42. The second kappa shape index (κ2) is 7.07. The van der Waals surface area contributed by atoms with Crippen LogP contribution >= 0.6 is 0 Å². The molecule has 3 rings (SSSR count). The van der Waals surface area contributed by atoms with Gasteiger partial charge in [0.05, 0.1) is 18.3 Å². The van der Waals surface area contributed by atoms with E-state index < -0.39 is 0 Å². The van der Waals surface area contributed by atoms with Gasteiger partial charge in [-0.1, -0.05) is 12.8 Å². The number of amides is 2. The van der Waals surface area contributed by atoms with E-state index in [-0.39, 0.29) is 12.1 Å². The highest BCUT2D eigenvalue weighted by atomic mass is 16.3. The van der Waals surface area contributed by atoms with Crippen LogP contribution in [0.2, 0.25) is 0 Å². The maximum Gasteiger partial charge on any atom is 0.318 e. The molecule has 0 aromatic carbocycles. The Morgan fingerprint density at radius 3 is 2.88 bits per heavy atom. The summed E-state index contributed by atoms with van der Waals surface area (Å²) < 4.78 is 5.19. The van der Waals surface area contributed by atoms with Crippen LogP contribution in [0.5, 0.6) is 0 Å². The van der Waals surface area contributed by atoms with Crippen molar-refractivity contribution in [2.24, 2.45) is 0 Å². The number of aromatic nitrogens is 3. The summed E-state index contributed by atoms with van der Waals surface area (Å²) >= 11 is 0. The van der Waals surface area contributed by atoms with Crippen molar-refractivity contribution in [2.45, 2.75) is 59.0 Å². The summed E-state index contributed by atoms with van der Waals surface area (Å²) in [5.74, 6) is 0.740. The van der Waals surface area contributed by atoms with Crippen LogP contribution in [-0.4, -0.2) is 32.7 Å². The number of H-pyrrole nitrogens is 1.